The summed E-state index contributed by atoms with van der Waals surface area (Å²) in [6, 6.07) is 14.2. The number of nitrogens with zero attached hydrogens (tertiary/aromatic N) is 2. The Kier molecular flexibility index (Phi) is 6.57. The summed E-state index contributed by atoms with van der Waals surface area (Å²) in [5.41, 5.74) is 2.74. The van der Waals surface area contributed by atoms with Gasteiger partial charge in [-0.1, -0.05) is 35.9 Å². The third kappa shape index (κ3) is 5.64. The Morgan fingerprint density at radius 2 is 1.93 bits per heavy atom. The summed E-state index contributed by atoms with van der Waals surface area (Å²) in [5.74, 6) is 0.614. The van der Waals surface area contributed by atoms with Crippen molar-refractivity contribution < 1.29 is 9.13 Å². The van der Waals surface area contributed by atoms with E-state index in [2.05, 4.69) is 20.6 Å². The molecule has 0 radical (unpaired) electrons. The normalized spacial score (nSPS) is 10.6. The Bertz CT molecular complexity index is 889. The highest BCUT2D eigenvalue weighted by Gasteiger charge is 2.06. The fourth-order valence-corrected chi connectivity index (χ4v) is 2.58. The second-order valence-electron chi connectivity index (χ2n) is 5.83. The molecule has 0 amide bonds. The molecule has 0 aliphatic heterocycles. The van der Waals surface area contributed by atoms with Crippen LogP contribution in [-0.2, 0) is 17.9 Å². The van der Waals surface area contributed by atoms with Gasteiger partial charge in [-0.05, 0) is 42.3 Å². The van der Waals surface area contributed by atoms with Gasteiger partial charge < -0.3 is 15.4 Å². The average Bonchev–Trinajstić information content (AvgIpc) is 2.68. The number of rotatable bonds is 8. The molecule has 0 saturated carbocycles. The molecule has 0 fully saturated rings. The van der Waals surface area contributed by atoms with Gasteiger partial charge in [0.15, 0.2) is 5.82 Å². The highest BCUT2D eigenvalue weighted by Crippen LogP contribution is 2.22. The minimum Gasteiger partial charge on any atom is -0.377 e. The van der Waals surface area contributed by atoms with E-state index in [-0.39, 0.29) is 5.82 Å². The van der Waals surface area contributed by atoms with Gasteiger partial charge >= 0.3 is 0 Å². The Hall–Kier alpha value is -2.70. The smallest absolute Gasteiger partial charge is 0.229 e. The van der Waals surface area contributed by atoms with Crippen LogP contribution < -0.4 is 10.6 Å². The monoisotopic (exact) mass is 386 g/mol. The molecule has 140 valence electrons. The summed E-state index contributed by atoms with van der Waals surface area (Å²) >= 11 is 6.16. The van der Waals surface area contributed by atoms with E-state index in [1.165, 1.54) is 18.3 Å². The van der Waals surface area contributed by atoms with Gasteiger partial charge in [-0.3, -0.25) is 0 Å². The topological polar surface area (TPSA) is 59.1 Å². The van der Waals surface area contributed by atoms with Crippen LogP contribution in [-0.4, -0.2) is 16.6 Å². The van der Waals surface area contributed by atoms with Crippen LogP contribution >= 0.6 is 11.6 Å². The van der Waals surface area contributed by atoms with Crippen molar-refractivity contribution in [1.29, 1.82) is 0 Å². The van der Waals surface area contributed by atoms with E-state index < -0.39 is 0 Å². The maximum atomic E-state index is 13.3. The lowest BCUT2D eigenvalue weighted by molar-refractivity contribution is 0.134. The van der Waals surface area contributed by atoms with E-state index >= 15 is 0 Å². The maximum Gasteiger partial charge on any atom is 0.229 e. The molecule has 1 heterocycles. The van der Waals surface area contributed by atoms with Crippen LogP contribution in [0.3, 0.4) is 0 Å². The molecule has 0 atom stereocenters. The third-order valence-corrected chi connectivity index (χ3v) is 4.05. The van der Waals surface area contributed by atoms with Crippen LogP contribution in [0, 0.1) is 5.82 Å². The van der Waals surface area contributed by atoms with Gasteiger partial charge in [0.1, 0.15) is 10.8 Å². The fraction of sp³-hybridized carbons (Fsp3) is 0.200. The number of ether oxygens (including phenoxy) is 1. The Morgan fingerprint density at radius 3 is 2.67 bits per heavy atom. The van der Waals surface area contributed by atoms with Crippen molar-refractivity contribution in [1.82, 2.24) is 9.97 Å². The lowest BCUT2D eigenvalue weighted by Crippen LogP contribution is -2.05. The van der Waals surface area contributed by atoms with Crippen LogP contribution in [0.2, 0.25) is 5.02 Å². The maximum absolute atomic E-state index is 13.3. The number of anilines is 3. The molecular formula is C20H20ClFN4O. The first-order chi connectivity index (χ1) is 13.1. The molecule has 2 N–H and O–H groups in total. The van der Waals surface area contributed by atoms with Crippen LogP contribution in [0.1, 0.15) is 18.1 Å². The first-order valence-electron chi connectivity index (χ1n) is 8.58. The van der Waals surface area contributed by atoms with Gasteiger partial charge in [0, 0.05) is 18.8 Å². The van der Waals surface area contributed by atoms with E-state index in [0.717, 1.165) is 16.8 Å². The van der Waals surface area contributed by atoms with Crippen molar-refractivity contribution in [3.8, 4) is 0 Å². The van der Waals surface area contributed by atoms with E-state index in [1.807, 2.05) is 37.3 Å². The zero-order chi connectivity index (χ0) is 19.1. The summed E-state index contributed by atoms with van der Waals surface area (Å²) in [7, 11) is 0. The summed E-state index contributed by atoms with van der Waals surface area (Å²) in [4.78, 5) is 8.59. The first-order valence-corrected chi connectivity index (χ1v) is 8.96. The van der Waals surface area contributed by atoms with E-state index in [1.54, 1.807) is 6.07 Å². The van der Waals surface area contributed by atoms with Gasteiger partial charge in [-0.15, -0.1) is 0 Å². The Balaban J connectivity index is 1.65. The molecule has 27 heavy (non-hydrogen) atoms. The number of halogens is 2. The molecule has 0 saturated heterocycles. The molecule has 0 unspecified atom stereocenters. The standard InChI is InChI=1S/C20H20ClFN4O/c1-2-27-13-14-6-8-17(9-7-14)25-20-24-12-18(21)19(26-20)23-11-15-4-3-5-16(22)10-15/h3-10,12H,2,11,13H2,1H3,(H2,23,24,25,26). The predicted octanol–water partition coefficient (Wildman–Crippen LogP) is 5.16. The molecule has 0 spiro atoms. The minimum atomic E-state index is -0.279. The van der Waals surface area contributed by atoms with Crippen molar-refractivity contribution in [3.05, 3.63) is 76.7 Å². The number of aromatic nitrogens is 2. The largest absolute Gasteiger partial charge is 0.377 e. The number of benzene rings is 2. The summed E-state index contributed by atoms with van der Waals surface area (Å²) in [5, 5.41) is 6.64. The van der Waals surface area contributed by atoms with Crippen molar-refractivity contribution in [2.24, 2.45) is 0 Å². The highest BCUT2D eigenvalue weighted by atomic mass is 35.5. The number of hydrogen-bond acceptors (Lipinski definition) is 5. The summed E-state index contributed by atoms with van der Waals surface area (Å²) in [6.07, 6.45) is 1.52. The van der Waals surface area contributed by atoms with Crippen molar-refractivity contribution >= 4 is 29.1 Å². The fourth-order valence-electron chi connectivity index (χ4n) is 2.42. The Labute approximate surface area is 162 Å². The van der Waals surface area contributed by atoms with Crippen molar-refractivity contribution in [2.75, 3.05) is 17.2 Å². The molecular weight excluding hydrogens is 367 g/mol. The molecule has 0 bridgehead atoms. The lowest BCUT2D eigenvalue weighted by atomic mass is 10.2. The second-order valence-corrected chi connectivity index (χ2v) is 6.24. The third-order valence-electron chi connectivity index (χ3n) is 3.78. The SMILES string of the molecule is CCOCc1ccc(Nc2ncc(Cl)c(NCc3cccc(F)c3)n2)cc1. The van der Waals surface area contributed by atoms with Gasteiger partial charge in [0.05, 0.1) is 12.8 Å². The zero-order valence-electron chi connectivity index (χ0n) is 14.9. The lowest BCUT2D eigenvalue weighted by Gasteiger charge is -2.11. The number of hydrogen-bond donors (Lipinski definition) is 2. The molecule has 3 aromatic rings. The van der Waals surface area contributed by atoms with Crippen LogP contribution in [0.5, 0.6) is 0 Å². The summed E-state index contributed by atoms with van der Waals surface area (Å²) in [6.45, 7) is 3.64. The summed E-state index contributed by atoms with van der Waals surface area (Å²) < 4.78 is 18.7. The molecule has 0 aliphatic rings. The van der Waals surface area contributed by atoms with Gasteiger partial charge in [0.2, 0.25) is 5.95 Å². The predicted molar refractivity (Wildman–Crippen MR) is 106 cm³/mol. The molecule has 3 rings (SSSR count). The van der Waals surface area contributed by atoms with Gasteiger partial charge in [-0.25, -0.2) is 9.37 Å². The van der Waals surface area contributed by atoms with Gasteiger partial charge in [-0.2, -0.15) is 4.98 Å². The molecule has 1 aromatic heterocycles. The van der Waals surface area contributed by atoms with Gasteiger partial charge in [0.25, 0.3) is 0 Å². The molecule has 0 aliphatic carbocycles. The minimum absolute atomic E-state index is 0.279. The molecule has 7 heteroatoms. The Morgan fingerprint density at radius 1 is 1.11 bits per heavy atom. The van der Waals surface area contributed by atoms with Crippen molar-refractivity contribution in [2.45, 2.75) is 20.1 Å². The van der Waals surface area contributed by atoms with E-state index in [9.17, 15) is 4.39 Å². The average molecular weight is 387 g/mol. The van der Waals surface area contributed by atoms with Crippen LogP contribution in [0.15, 0.2) is 54.7 Å². The highest BCUT2D eigenvalue weighted by molar-refractivity contribution is 6.32. The molecule has 2 aromatic carbocycles. The molecule has 5 nitrogen and oxygen atoms in total. The first kappa shape index (κ1) is 19.1. The zero-order valence-corrected chi connectivity index (χ0v) is 15.6. The van der Waals surface area contributed by atoms with Crippen molar-refractivity contribution in [3.63, 3.8) is 0 Å². The number of nitrogens with one attached hydrogen (secondary N) is 2. The van der Waals surface area contributed by atoms with Crippen LogP contribution in [0.4, 0.5) is 21.8 Å². The van der Waals surface area contributed by atoms with E-state index in [0.29, 0.717) is 36.5 Å². The second kappa shape index (κ2) is 9.30. The quantitative estimate of drug-likeness (QED) is 0.560. The van der Waals surface area contributed by atoms with Crippen LogP contribution in [0.25, 0.3) is 0 Å². The van der Waals surface area contributed by atoms with E-state index in [4.69, 9.17) is 16.3 Å².